The molecule has 2 rings (SSSR count). The predicted molar refractivity (Wildman–Crippen MR) is 76.5 cm³/mol. The Kier molecular flexibility index (Phi) is 4.22. The minimum atomic E-state index is -3.84. The number of carboxylic acid groups (broad SMARTS) is 1. The fourth-order valence-corrected chi connectivity index (χ4v) is 4.41. The average molecular weight is 311 g/mol. The summed E-state index contributed by atoms with van der Waals surface area (Å²) in [6.07, 6.45) is 0. The molecule has 2 aromatic rings. The molecule has 1 aromatic heterocycles. The zero-order chi connectivity index (χ0) is 14.8. The van der Waals surface area contributed by atoms with Crippen molar-refractivity contribution in [3.8, 4) is 0 Å². The van der Waals surface area contributed by atoms with E-state index in [4.69, 9.17) is 5.11 Å². The van der Waals surface area contributed by atoms with Crippen LogP contribution in [0.2, 0.25) is 0 Å². The zero-order valence-electron chi connectivity index (χ0n) is 10.7. The maximum Gasteiger partial charge on any atom is 0.347 e. The van der Waals surface area contributed by atoms with Crippen LogP contribution in [-0.2, 0) is 16.6 Å². The molecule has 0 fully saturated rings. The van der Waals surface area contributed by atoms with Gasteiger partial charge in [-0.3, -0.25) is 0 Å². The summed E-state index contributed by atoms with van der Waals surface area (Å²) >= 11 is 0.914. The molecule has 0 aliphatic carbocycles. The quantitative estimate of drug-likeness (QED) is 0.887. The Morgan fingerprint density at radius 1 is 1.30 bits per heavy atom. The number of benzene rings is 1. The highest BCUT2D eigenvalue weighted by atomic mass is 32.2. The van der Waals surface area contributed by atoms with E-state index in [9.17, 15) is 13.2 Å². The molecule has 5 nitrogen and oxygen atoms in total. The first kappa shape index (κ1) is 14.7. The van der Waals surface area contributed by atoms with Crippen LogP contribution in [0.3, 0.4) is 0 Å². The van der Waals surface area contributed by atoms with Gasteiger partial charge in [0.2, 0.25) is 10.0 Å². The standard InChI is InChI=1S/C13H13NO4S2/c1-9-8-19-11(13(15)16)12(9)20(17,18)14-7-10-5-3-2-4-6-10/h2-6,8,14H,7H2,1H3,(H,15,16). The first-order valence-corrected chi connectivity index (χ1v) is 8.13. The van der Waals surface area contributed by atoms with Gasteiger partial charge in [-0.1, -0.05) is 30.3 Å². The van der Waals surface area contributed by atoms with E-state index in [2.05, 4.69) is 4.72 Å². The van der Waals surface area contributed by atoms with Crippen molar-refractivity contribution >= 4 is 27.3 Å². The molecule has 0 saturated carbocycles. The maximum atomic E-state index is 12.2. The van der Waals surface area contributed by atoms with E-state index >= 15 is 0 Å². The molecule has 2 N–H and O–H groups in total. The number of aryl methyl sites for hydroxylation is 1. The topological polar surface area (TPSA) is 83.5 Å². The smallest absolute Gasteiger partial charge is 0.347 e. The van der Waals surface area contributed by atoms with Crippen LogP contribution in [0.15, 0.2) is 40.6 Å². The number of sulfonamides is 1. The minimum absolute atomic E-state index is 0.123. The number of rotatable bonds is 5. The summed E-state index contributed by atoms with van der Waals surface area (Å²) in [4.78, 5) is 10.8. The number of hydrogen-bond donors (Lipinski definition) is 2. The summed E-state index contributed by atoms with van der Waals surface area (Å²) in [5.74, 6) is -1.23. The molecule has 0 amide bonds. The molecule has 0 bridgehead atoms. The molecule has 0 spiro atoms. The molecule has 0 aliphatic heterocycles. The largest absolute Gasteiger partial charge is 0.477 e. The Morgan fingerprint density at radius 2 is 1.95 bits per heavy atom. The second-order valence-corrected chi connectivity index (χ2v) is 6.78. The van der Waals surface area contributed by atoms with Crippen LogP contribution in [0.1, 0.15) is 20.8 Å². The van der Waals surface area contributed by atoms with Crippen molar-refractivity contribution in [1.82, 2.24) is 4.72 Å². The van der Waals surface area contributed by atoms with Gasteiger partial charge in [0.15, 0.2) is 0 Å². The summed E-state index contributed by atoms with van der Waals surface area (Å²) in [7, 11) is -3.84. The van der Waals surface area contributed by atoms with E-state index in [1.54, 1.807) is 19.1 Å². The summed E-state index contributed by atoms with van der Waals surface area (Å²) < 4.78 is 26.9. The second kappa shape index (κ2) is 5.74. The SMILES string of the molecule is Cc1csc(C(=O)O)c1S(=O)(=O)NCc1ccccc1. The van der Waals surface area contributed by atoms with Crippen molar-refractivity contribution in [1.29, 1.82) is 0 Å². The Morgan fingerprint density at radius 3 is 2.55 bits per heavy atom. The van der Waals surface area contributed by atoms with Gasteiger partial charge < -0.3 is 5.11 Å². The lowest BCUT2D eigenvalue weighted by Crippen LogP contribution is -2.25. The third-order valence-corrected chi connectivity index (χ3v) is 5.49. The van der Waals surface area contributed by atoms with Gasteiger partial charge in [0.1, 0.15) is 9.77 Å². The van der Waals surface area contributed by atoms with E-state index < -0.39 is 16.0 Å². The molecule has 7 heteroatoms. The molecule has 1 heterocycles. The van der Waals surface area contributed by atoms with Gasteiger partial charge in [0, 0.05) is 6.54 Å². The van der Waals surface area contributed by atoms with Crippen molar-refractivity contribution in [3.63, 3.8) is 0 Å². The first-order chi connectivity index (χ1) is 9.42. The lowest BCUT2D eigenvalue weighted by atomic mass is 10.2. The fraction of sp³-hybridized carbons (Fsp3) is 0.154. The molecule has 20 heavy (non-hydrogen) atoms. The predicted octanol–water partition coefficient (Wildman–Crippen LogP) is 2.23. The lowest BCUT2D eigenvalue weighted by molar-refractivity contribution is 0.0698. The number of aromatic carboxylic acids is 1. The van der Waals surface area contributed by atoms with Crippen LogP contribution in [0.25, 0.3) is 0 Å². The third kappa shape index (κ3) is 3.06. The number of carbonyl (C=O) groups is 1. The monoisotopic (exact) mass is 311 g/mol. The summed E-state index contributed by atoms with van der Waals surface area (Å²) in [6.45, 7) is 1.71. The van der Waals surface area contributed by atoms with Crippen molar-refractivity contribution in [2.45, 2.75) is 18.4 Å². The molecule has 0 saturated heterocycles. The molecule has 0 radical (unpaired) electrons. The molecule has 106 valence electrons. The Labute approximate surface area is 120 Å². The molecular formula is C13H13NO4S2. The van der Waals surface area contributed by atoms with Crippen molar-refractivity contribution < 1.29 is 18.3 Å². The van der Waals surface area contributed by atoms with Gasteiger partial charge in [0.05, 0.1) is 0 Å². The first-order valence-electron chi connectivity index (χ1n) is 5.77. The van der Waals surface area contributed by atoms with Crippen LogP contribution in [0.4, 0.5) is 0 Å². The van der Waals surface area contributed by atoms with Crippen LogP contribution >= 0.6 is 11.3 Å². The van der Waals surface area contributed by atoms with E-state index in [1.165, 1.54) is 5.38 Å². The Hall–Kier alpha value is -1.70. The van der Waals surface area contributed by atoms with Gasteiger partial charge >= 0.3 is 5.97 Å². The molecule has 0 aliphatic rings. The van der Waals surface area contributed by atoms with Gasteiger partial charge in [-0.15, -0.1) is 11.3 Å². The lowest BCUT2D eigenvalue weighted by Gasteiger charge is -2.07. The summed E-state index contributed by atoms with van der Waals surface area (Å²) in [5.41, 5.74) is 1.24. The molecule has 0 atom stereocenters. The molecular weight excluding hydrogens is 298 g/mol. The highest BCUT2D eigenvalue weighted by molar-refractivity contribution is 7.89. The number of carboxylic acids is 1. The highest BCUT2D eigenvalue weighted by Crippen LogP contribution is 2.26. The van der Waals surface area contributed by atoms with Crippen molar-refractivity contribution in [3.05, 3.63) is 51.7 Å². The van der Waals surface area contributed by atoms with E-state index in [0.717, 1.165) is 16.9 Å². The summed E-state index contributed by atoms with van der Waals surface area (Å²) in [6, 6.07) is 9.04. The van der Waals surface area contributed by atoms with Crippen LogP contribution < -0.4 is 4.72 Å². The van der Waals surface area contributed by atoms with E-state index in [0.29, 0.717) is 5.56 Å². The van der Waals surface area contributed by atoms with Crippen LogP contribution in [-0.4, -0.2) is 19.5 Å². The minimum Gasteiger partial charge on any atom is -0.477 e. The second-order valence-electron chi connectivity index (χ2n) is 4.19. The number of hydrogen-bond acceptors (Lipinski definition) is 4. The van der Waals surface area contributed by atoms with E-state index in [-0.39, 0.29) is 16.3 Å². The van der Waals surface area contributed by atoms with Gasteiger partial charge in [-0.2, -0.15) is 0 Å². The number of nitrogens with one attached hydrogen (secondary N) is 1. The molecule has 1 aromatic carbocycles. The van der Waals surface area contributed by atoms with Crippen molar-refractivity contribution in [2.75, 3.05) is 0 Å². The van der Waals surface area contributed by atoms with Crippen LogP contribution in [0, 0.1) is 6.92 Å². The van der Waals surface area contributed by atoms with Crippen molar-refractivity contribution in [2.24, 2.45) is 0 Å². The Balaban J connectivity index is 2.27. The van der Waals surface area contributed by atoms with Gasteiger partial charge in [0.25, 0.3) is 0 Å². The Bertz CT molecular complexity index is 720. The fourth-order valence-electron chi connectivity index (χ4n) is 1.76. The maximum absolute atomic E-state index is 12.2. The van der Waals surface area contributed by atoms with E-state index in [1.807, 2.05) is 18.2 Å². The summed E-state index contributed by atoms with van der Waals surface area (Å²) in [5, 5.41) is 10.6. The normalized spacial score (nSPS) is 11.4. The zero-order valence-corrected chi connectivity index (χ0v) is 12.3. The molecule has 0 unspecified atom stereocenters. The van der Waals surface area contributed by atoms with Gasteiger partial charge in [-0.05, 0) is 23.4 Å². The number of thiophene rings is 1. The van der Waals surface area contributed by atoms with Crippen LogP contribution in [0.5, 0.6) is 0 Å². The third-order valence-electron chi connectivity index (χ3n) is 2.69. The average Bonchev–Trinajstić information content (AvgIpc) is 2.81. The highest BCUT2D eigenvalue weighted by Gasteiger charge is 2.26. The van der Waals surface area contributed by atoms with Gasteiger partial charge in [-0.25, -0.2) is 17.9 Å².